The highest BCUT2D eigenvalue weighted by Crippen LogP contribution is 2.31. The van der Waals surface area contributed by atoms with Gasteiger partial charge in [-0.05, 0) is 56.9 Å². The molecule has 0 nitrogen and oxygen atoms in total. The molecule has 0 N–H and O–H groups in total. The van der Waals surface area contributed by atoms with Gasteiger partial charge in [0.15, 0.2) is 0 Å². The summed E-state index contributed by atoms with van der Waals surface area (Å²) in [7, 11) is 0. The number of hydrogen-bond donors (Lipinski definition) is 1. The Morgan fingerprint density at radius 2 is 1.54 bits per heavy atom. The normalized spacial score (nSPS) is 11.8. The minimum atomic E-state index is -0.0391. The minimum Gasteiger partial charge on any atom is -0.168 e. The molecule has 1 aromatic rings. The summed E-state index contributed by atoms with van der Waals surface area (Å²) in [5.74, 6) is 0. The van der Waals surface area contributed by atoms with Crippen LogP contribution in [0.1, 0.15) is 36.1 Å². The van der Waals surface area contributed by atoms with Crippen LogP contribution in [0.5, 0.6) is 0 Å². The minimum absolute atomic E-state index is 0.0391. The van der Waals surface area contributed by atoms with Crippen LogP contribution in [0.25, 0.3) is 0 Å². The van der Waals surface area contributed by atoms with E-state index in [1.54, 1.807) is 0 Å². The Kier molecular flexibility index (Phi) is 2.76. The molecule has 0 aliphatic rings. The fraction of sp³-hybridized carbons (Fsp3) is 0.500. The number of hydrogen-bond acceptors (Lipinski definition) is 1. The topological polar surface area (TPSA) is 0 Å². The standard InChI is InChI=1S/C12H18S/c1-8-6-7-11(12(4,5)13)10(3)9(8)2/h6-7,13H,1-5H3. The highest BCUT2D eigenvalue weighted by molar-refractivity contribution is 7.81. The van der Waals surface area contributed by atoms with Gasteiger partial charge in [0.25, 0.3) is 0 Å². The molecule has 0 amide bonds. The number of rotatable bonds is 1. The predicted octanol–water partition coefficient (Wildman–Crippen LogP) is 3.78. The molecule has 0 bridgehead atoms. The van der Waals surface area contributed by atoms with Crippen molar-refractivity contribution < 1.29 is 0 Å². The fourth-order valence-corrected chi connectivity index (χ4v) is 1.86. The summed E-state index contributed by atoms with van der Waals surface area (Å²) in [5, 5.41) is 0. The molecular formula is C12H18S. The maximum Gasteiger partial charge on any atom is 0.0324 e. The first-order chi connectivity index (χ1) is 5.84. The summed E-state index contributed by atoms with van der Waals surface area (Å²) in [6, 6.07) is 4.36. The summed E-state index contributed by atoms with van der Waals surface area (Å²) in [5.41, 5.74) is 5.46. The van der Waals surface area contributed by atoms with Gasteiger partial charge < -0.3 is 0 Å². The second kappa shape index (κ2) is 3.38. The van der Waals surface area contributed by atoms with E-state index < -0.39 is 0 Å². The maximum absolute atomic E-state index is 4.60. The smallest absolute Gasteiger partial charge is 0.0324 e. The summed E-state index contributed by atoms with van der Waals surface area (Å²) >= 11 is 4.60. The lowest BCUT2D eigenvalue weighted by molar-refractivity contribution is 0.780. The van der Waals surface area contributed by atoms with Crippen molar-refractivity contribution in [3.8, 4) is 0 Å². The lowest BCUT2D eigenvalue weighted by atomic mass is 9.92. The van der Waals surface area contributed by atoms with Gasteiger partial charge in [0.05, 0.1) is 0 Å². The van der Waals surface area contributed by atoms with Crippen LogP contribution in [0.2, 0.25) is 0 Å². The Balaban J connectivity index is 3.35. The number of thiol groups is 1. The molecule has 72 valence electrons. The molecule has 1 heteroatoms. The van der Waals surface area contributed by atoms with Crippen molar-refractivity contribution >= 4 is 12.6 Å². The maximum atomic E-state index is 4.60. The average molecular weight is 194 g/mol. The molecule has 1 aromatic carbocycles. The zero-order chi connectivity index (χ0) is 10.2. The molecule has 0 saturated carbocycles. The van der Waals surface area contributed by atoms with Crippen LogP contribution in [-0.2, 0) is 4.75 Å². The predicted molar refractivity (Wildman–Crippen MR) is 62.7 cm³/mol. The van der Waals surface area contributed by atoms with Crippen molar-refractivity contribution in [2.45, 2.75) is 39.4 Å². The molecule has 0 atom stereocenters. The Hall–Kier alpha value is -0.430. The second-order valence-electron chi connectivity index (χ2n) is 4.24. The van der Waals surface area contributed by atoms with Crippen molar-refractivity contribution in [2.75, 3.05) is 0 Å². The van der Waals surface area contributed by atoms with Gasteiger partial charge in [-0.15, -0.1) is 0 Å². The first kappa shape index (κ1) is 10.6. The first-order valence-corrected chi connectivity index (χ1v) is 5.08. The molecule has 13 heavy (non-hydrogen) atoms. The van der Waals surface area contributed by atoms with Gasteiger partial charge in [0.1, 0.15) is 0 Å². The van der Waals surface area contributed by atoms with Crippen LogP contribution in [-0.4, -0.2) is 0 Å². The Bertz CT molecular complexity index is 319. The molecule has 0 spiro atoms. The van der Waals surface area contributed by atoms with E-state index in [-0.39, 0.29) is 4.75 Å². The summed E-state index contributed by atoms with van der Waals surface area (Å²) in [4.78, 5) is 0. The van der Waals surface area contributed by atoms with E-state index in [4.69, 9.17) is 0 Å². The molecule has 0 radical (unpaired) electrons. The van der Waals surface area contributed by atoms with E-state index in [1.807, 2.05) is 0 Å². The molecule has 0 aliphatic carbocycles. The van der Waals surface area contributed by atoms with E-state index in [0.29, 0.717) is 0 Å². The van der Waals surface area contributed by atoms with Gasteiger partial charge in [-0.3, -0.25) is 0 Å². The molecule has 0 fully saturated rings. The van der Waals surface area contributed by atoms with Gasteiger partial charge >= 0.3 is 0 Å². The Morgan fingerprint density at radius 3 is 2.00 bits per heavy atom. The Labute approximate surface area is 86.8 Å². The quantitative estimate of drug-likeness (QED) is 0.646. The van der Waals surface area contributed by atoms with Gasteiger partial charge in [-0.2, -0.15) is 12.6 Å². The summed E-state index contributed by atoms with van der Waals surface area (Å²) in [6.07, 6.45) is 0. The van der Waals surface area contributed by atoms with E-state index in [9.17, 15) is 0 Å². The van der Waals surface area contributed by atoms with Crippen LogP contribution in [0.3, 0.4) is 0 Å². The first-order valence-electron chi connectivity index (χ1n) is 4.63. The van der Waals surface area contributed by atoms with Crippen molar-refractivity contribution in [1.82, 2.24) is 0 Å². The Morgan fingerprint density at radius 1 is 1.00 bits per heavy atom. The monoisotopic (exact) mass is 194 g/mol. The molecule has 0 unspecified atom stereocenters. The van der Waals surface area contributed by atoms with Crippen molar-refractivity contribution in [2.24, 2.45) is 0 Å². The number of benzene rings is 1. The molecule has 1 rings (SSSR count). The van der Waals surface area contributed by atoms with Crippen LogP contribution in [0, 0.1) is 20.8 Å². The summed E-state index contributed by atoms with van der Waals surface area (Å²) in [6.45, 7) is 10.8. The third kappa shape index (κ3) is 2.08. The van der Waals surface area contributed by atoms with Crippen LogP contribution >= 0.6 is 12.6 Å². The zero-order valence-electron chi connectivity index (χ0n) is 9.10. The third-order valence-corrected chi connectivity index (χ3v) is 2.96. The van der Waals surface area contributed by atoms with Crippen molar-refractivity contribution in [3.05, 3.63) is 34.4 Å². The molecule has 0 heterocycles. The van der Waals surface area contributed by atoms with Crippen molar-refractivity contribution in [1.29, 1.82) is 0 Å². The third-order valence-electron chi connectivity index (χ3n) is 2.72. The fourth-order valence-electron chi connectivity index (χ4n) is 1.62. The van der Waals surface area contributed by atoms with Gasteiger partial charge in [0, 0.05) is 4.75 Å². The SMILES string of the molecule is Cc1ccc(C(C)(C)S)c(C)c1C. The van der Waals surface area contributed by atoms with Crippen LogP contribution in [0.4, 0.5) is 0 Å². The zero-order valence-corrected chi connectivity index (χ0v) is 10.00. The second-order valence-corrected chi connectivity index (χ2v) is 5.36. The van der Waals surface area contributed by atoms with Crippen molar-refractivity contribution in [3.63, 3.8) is 0 Å². The van der Waals surface area contributed by atoms with Crippen LogP contribution in [0.15, 0.2) is 12.1 Å². The number of aryl methyl sites for hydroxylation is 1. The molecule has 0 saturated heterocycles. The van der Waals surface area contributed by atoms with Crippen LogP contribution < -0.4 is 0 Å². The molecule has 0 aromatic heterocycles. The van der Waals surface area contributed by atoms with Gasteiger partial charge in [-0.1, -0.05) is 12.1 Å². The van der Waals surface area contributed by atoms with E-state index in [1.165, 1.54) is 22.3 Å². The lowest BCUT2D eigenvalue weighted by Gasteiger charge is -2.22. The lowest BCUT2D eigenvalue weighted by Crippen LogP contribution is -2.11. The average Bonchev–Trinajstić information content (AvgIpc) is 1.98. The highest BCUT2D eigenvalue weighted by atomic mass is 32.1. The van der Waals surface area contributed by atoms with E-state index >= 15 is 0 Å². The highest BCUT2D eigenvalue weighted by Gasteiger charge is 2.18. The largest absolute Gasteiger partial charge is 0.168 e. The van der Waals surface area contributed by atoms with E-state index in [2.05, 4.69) is 59.4 Å². The van der Waals surface area contributed by atoms with E-state index in [0.717, 1.165) is 0 Å². The summed E-state index contributed by atoms with van der Waals surface area (Å²) < 4.78 is -0.0391. The molecular weight excluding hydrogens is 176 g/mol. The molecule has 0 aliphatic heterocycles. The van der Waals surface area contributed by atoms with Gasteiger partial charge in [0.2, 0.25) is 0 Å². The van der Waals surface area contributed by atoms with Gasteiger partial charge in [-0.25, -0.2) is 0 Å².